The zero-order chi connectivity index (χ0) is 31.8. The number of fused-ring (bicyclic) bond motifs is 1. The van der Waals surface area contributed by atoms with Crippen LogP contribution in [-0.2, 0) is 31.0 Å². The summed E-state index contributed by atoms with van der Waals surface area (Å²) in [5.74, 6) is -0.520. The van der Waals surface area contributed by atoms with Crippen molar-refractivity contribution in [3.8, 4) is 0 Å². The Balaban J connectivity index is 1.07. The summed E-state index contributed by atoms with van der Waals surface area (Å²) < 4.78 is 34.0. The molecule has 0 aliphatic carbocycles. The van der Waals surface area contributed by atoms with E-state index < -0.39 is 28.6 Å². The Morgan fingerprint density at radius 1 is 0.911 bits per heavy atom. The third-order valence-corrected chi connectivity index (χ3v) is 10.0. The number of likely N-dealkylation sites (tertiary alicyclic amines) is 2. The molecular weight excluding hydrogens is 596 g/mol. The zero-order valence-electron chi connectivity index (χ0n) is 25.1. The Kier molecular flexibility index (Phi) is 10.7. The van der Waals surface area contributed by atoms with Gasteiger partial charge in [-0.3, -0.25) is 9.59 Å². The highest BCUT2D eigenvalue weighted by molar-refractivity contribution is 7.89. The third kappa shape index (κ3) is 8.38. The summed E-state index contributed by atoms with van der Waals surface area (Å²) in [5, 5.41) is 14.6. The molecule has 12 heteroatoms. The third-order valence-electron chi connectivity index (χ3n) is 8.56. The maximum atomic E-state index is 13.4. The fourth-order valence-corrected chi connectivity index (χ4v) is 7.21. The summed E-state index contributed by atoms with van der Waals surface area (Å²) in [6, 6.07) is 19.9. The number of nitrogens with one attached hydrogen (secondary N) is 2. The van der Waals surface area contributed by atoms with E-state index in [0.717, 1.165) is 16.3 Å². The Labute approximate surface area is 263 Å². The maximum Gasteiger partial charge on any atom is 0.410 e. The molecule has 0 saturated carbocycles. The van der Waals surface area contributed by atoms with Crippen molar-refractivity contribution in [2.24, 2.45) is 5.92 Å². The van der Waals surface area contributed by atoms with Crippen molar-refractivity contribution in [1.29, 1.82) is 0 Å². The summed E-state index contributed by atoms with van der Waals surface area (Å²) in [6.07, 6.45) is 2.72. The van der Waals surface area contributed by atoms with Gasteiger partial charge in [0.2, 0.25) is 21.8 Å². The van der Waals surface area contributed by atoms with Crippen LogP contribution in [-0.4, -0.2) is 86.1 Å². The van der Waals surface area contributed by atoms with E-state index in [4.69, 9.17) is 4.74 Å². The van der Waals surface area contributed by atoms with Crippen molar-refractivity contribution < 1.29 is 32.6 Å². The van der Waals surface area contributed by atoms with Gasteiger partial charge < -0.3 is 25.0 Å². The molecule has 3 aromatic carbocycles. The van der Waals surface area contributed by atoms with Gasteiger partial charge in [0, 0.05) is 38.6 Å². The van der Waals surface area contributed by atoms with Crippen LogP contribution in [0.2, 0.25) is 0 Å². The number of rotatable bonds is 11. The van der Waals surface area contributed by atoms with Gasteiger partial charge in [0.05, 0.1) is 11.5 Å². The van der Waals surface area contributed by atoms with E-state index in [1.807, 2.05) is 48.5 Å². The molecule has 0 radical (unpaired) electrons. The van der Waals surface area contributed by atoms with Crippen LogP contribution in [0.3, 0.4) is 0 Å². The molecule has 2 saturated heterocycles. The monoisotopic (exact) mass is 636 g/mol. The standard InChI is InChI=1S/C33H40N4O7S/c38-22-30(35-45(42,43)29-13-12-26-9-4-5-10-27(26)20-29)32(40)37-16-6-11-28(37)21-34-31(39)19-24-14-17-36(18-15-24)33(41)44-23-25-7-2-1-3-8-25/h1-5,7-10,12-13,20,24,28,30,35,38H,6,11,14-19,21-23H2,(H,34,39)/t28-,30+/m0/s1. The molecule has 45 heavy (non-hydrogen) atoms. The molecule has 2 aliphatic heterocycles. The van der Waals surface area contributed by atoms with Crippen molar-refractivity contribution in [3.05, 3.63) is 78.4 Å². The molecule has 0 aromatic heterocycles. The lowest BCUT2D eigenvalue weighted by molar-refractivity contribution is -0.135. The second-order valence-electron chi connectivity index (χ2n) is 11.7. The number of hydrogen-bond donors (Lipinski definition) is 3. The summed E-state index contributed by atoms with van der Waals surface area (Å²) in [7, 11) is -4.08. The van der Waals surface area contributed by atoms with E-state index in [1.165, 1.54) is 12.1 Å². The fraction of sp³-hybridized carbons (Fsp3) is 0.424. The molecule has 240 valence electrons. The molecule has 2 aliphatic rings. The lowest BCUT2D eigenvalue weighted by atomic mass is 9.93. The van der Waals surface area contributed by atoms with E-state index in [-0.39, 0.29) is 42.0 Å². The molecule has 0 unspecified atom stereocenters. The summed E-state index contributed by atoms with van der Waals surface area (Å²) in [4.78, 5) is 41.8. The van der Waals surface area contributed by atoms with Gasteiger partial charge in [0.15, 0.2) is 0 Å². The van der Waals surface area contributed by atoms with Crippen LogP contribution in [0.1, 0.15) is 37.7 Å². The number of ether oxygens (including phenoxy) is 1. The Morgan fingerprint density at radius 3 is 2.36 bits per heavy atom. The van der Waals surface area contributed by atoms with Gasteiger partial charge in [-0.25, -0.2) is 13.2 Å². The average Bonchev–Trinajstić information content (AvgIpc) is 3.54. The minimum Gasteiger partial charge on any atom is -0.445 e. The maximum absolute atomic E-state index is 13.4. The highest BCUT2D eigenvalue weighted by atomic mass is 32.2. The van der Waals surface area contributed by atoms with Crippen molar-refractivity contribution in [1.82, 2.24) is 19.8 Å². The lowest BCUT2D eigenvalue weighted by Gasteiger charge is -2.31. The van der Waals surface area contributed by atoms with Crippen LogP contribution in [0.25, 0.3) is 10.8 Å². The first-order chi connectivity index (χ1) is 21.7. The summed E-state index contributed by atoms with van der Waals surface area (Å²) in [6.45, 7) is 1.22. The van der Waals surface area contributed by atoms with Crippen molar-refractivity contribution in [3.63, 3.8) is 0 Å². The van der Waals surface area contributed by atoms with Gasteiger partial charge in [-0.05, 0) is 60.1 Å². The Morgan fingerprint density at radius 2 is 1.62 bits per heavy atom. The Hall–Kier alpha value is -4.00. The largest absolute Gasteiger partial charge is 0.445 e. The van der Waals surface area contributed by atoms with Crippen LogP contribution in [0.5, 0.6) is 0 Å². The van der Waals surface area contributed by atoms with Crippen molar-refractivity contribution in [2.45, 2.75) is 55.7 Å². The number of aliphatic hydroxyl groups is 1. The smallest absolute Gasteiger partial charge is 0.410 e. The van der Waals surface area contributed by atoms with E-state index in [1.54, 1.807) is 21.9 Å². The number of piperidine rings is 1. The highest BCUT2D eigenvalue weighted by Gasteiger charge is 2.35. The van der Waals surface area contributed by atoms with E-state index >= 15 is 0 Å². The van der Waals surface area contributed by atoms with E-state index in [2.05, 4.69) is 10.0 Å². The number of amides is 3. The quantitative estimate of drug-likeness (QED) is 0.293. The number of carbonyl (C=O) groups excluding carboxylic acids is 3. The van der Waals surface area contributed by atoms with Crippen molar-refractivity contribution in [2.75, 3.05) is 32.8 Å². The number of nitrogens with zero attached hydrogens (tertiary/aromatic N) is 2. The van der Waals surface area contributed by atoms with Crippen LogP contribution in [0.4, 0.5) is 4.79 Å². The van der Waals surface area contributed by atoms with Gasteiger partial charge in [-0.1, -0.05) is 60.7 Å². The van der Waals surface area contributed by atoms with Gasteiger partial charge in [0.1, 0.15) is 12.6 Å². The van der Waals surface area contributed by atoms with Crippen molar-refractivity contribution >= 4 is 38.7 Å². The molecule has 3 aromatic rings. The molecule has 2 fully saturated rings. The van der Waals surface area contributed by atoms with E-state index in [9.17, 15) is 27.9 Å². The number of sulfonamides is 1. The normalized spacial score (nSPS) is 18.1. The molecular formula is C33H40N4O7S. The average molecular weight is 637 g/mol. The Bertz CT molecular complexity index is 1590. The van der Waals surface area contributed by atoms with E-state index in [0.29, 0.717) is 51.7 Å². The molecule has 0 bridgehead atoms. The molecule has 0 spiro atoms. The minimum atomic E-state index is -4.08. The number of aliphatic hydroxyl groups excluding tert-OH is 1. The molecule has 3 amide bonds. The predicted molar refractivity (Wildman–Crippen MR) is 168 cm³/mol. The number of benzene rings is 3. The van der Waals surface area contributed by atoms with Crippen LogP contribution in [0, 0.1) is 5.92 Å². The van der Waals surface area contributed by atoms with Gasteiger partial charge in [0.25, 0.3) is 0 Å². The van der Waals surface area contributed by atoms with Crippen LogP contribution in [0.15, 0.2) is 77.7 Å². The molecule has 2 heterocycles. The summed E-state index contributed by atoms with van der Waals surface area (Å²) >= 11 is 0. The zero-order valence-corrected chi connectivity index (χ0v) is 26.0. The predicted octanol–water partition coefficient (Wildman–Crippen LogP) is 3.03. The molecule has 2 atom stereocenters. The first-order valence-corrected chi connectivity index (χ1v) is 16.9. The molecule has 5 rings (SSSR count). The second kappa shape index (κ2) is 14.9. The lowest BCUT2D eigenvalue weighted by Crippen LogP contribution is -2.53. The fourth-order valence-electron chi connectivity index (χ4n) is 5.99. The first kappa shape index (κ1) is 32.4. The summed E-state index contributed by atoms with van der Waals surface area (Å²) in [5.41, 5.74) is 0.925. The molecule has 11 nitrogen and oxygen atoms in total. The van der Waals surface area contributed by atoms with Crippen LogP contribution >= 0.6 is 0 Å². The van der Waals surface area contributed by atoms with Gasteiger partial charge in [-0.2, -0.15) is 4.72 Å². The minimum absolute atomic E-state index is 0.00703. The number of hydrogen-bond acceptors (Lipinski definition) is 7. The molecule has 3 N–H and O–H groups in total. The van der Waals surface area contributed by atoms with Gasteiger partial charge >= 0.3 is 6.09 Å². The second-order valence-corrected chi connectivity index (χ2v) is 13.4. The SMILES string of the molecule is O=C(CC1CCN(C(=O)OCc2ccccc2)CC1)NC[C@@H]1CCCN1C(=O)[C@@H](CO)NS(=O)(=O)c1ccc2ccccc2c1. The number of carbonyl (C=O) groups is 3. The topological polar surface area (TPSA) is 145 Å². The first-order valence-electron chi connectivity index (χ1n) is 15.4. The van der Waals surface area contributed by atoms with Crippen LogP contribution < -0.4 is 10.0 Å². The highest BCUT2D eigenvalue weighted by Crippen LogP contribution is 2.23. The van der Waals surface area contributed by atoms with Gasteiger partial charge in [-0.15, -0.1) is 0 Å².